The lowest BCUT2D eigenvalue weighted by atomic mass is 10.1. The number of aliphatic carboxylic acids is 1. The van der Waals surface area contributed by atoms with Gasteiger partial charge in [-0.1, -0.05) is 24.8 Å². The molecule has 0 aliphatic heterocycles. The van der Waals surface area contributed by atoms with Gasteiger partial charge in [0.15, 0.2) is 0 Å². The van der Waals surface area contributed by atoms with Crippen LogP contribution >= 0.6 is 0 Å². The molecule has 0 atom stereocenters. The number of H-pyrrole nitrogens is 2. The molecule has 0 aliphatic carbocycles. The normalized spacial score (nSPS) is 11.8. The first-order chi connectivity index (χ1) is 13.4. The third-order valence-electron chi connectivity index (χ3n) is 3.97. The standard InChI is InChI=1S/C19H23N5O4/c1-2-12(17(27)21-10-6-9-14(25)26)7-4-3-5-8-13-11-22-16-15(13)18(28)24-19(20)23-16/h2-4,7,11H,1,5-6,8-10H2,(H,21,27)(H,25,26)(H4,20,22,23,24,28)/b4-3+,12-7+. The number of amides is 1. The fourth-order valence-electron chi connectivity index (χ4n) is 2.60. The van der Waals surface area contributed by atoms with E-state index in [1.54, 1.807) is 18.3 Å². The monoisotopic (exact) mass is 385 g/mol. The molecule has 9 nitrogen and oxygen atoms in total. The zero-order chi connectivity index (χ0) is 20.5. The summed E-state index contributed by atoms with van der Waals surface area (Å²) < 4.78 is 0. The summed E-state index contributed by atoms with van der Waals surface area (Å²) in [6.45, 7) is 3.90. The van der Waals surface area contributed by atoms with E-state index in [4.69, 9.17) is 10.8 Å². The van der Waals surface area contributed by atoms with E-state index in [2.05, 4.69) is 26.8 Å². The van der Waals surface area contributed by atoms with Gasteiger partial charge in [0.1, 0.15) is 5.65 Å². The number of carboxylic acids is 1. The molecule has 2 aromatic heterocycles. The average molecular weight is 385 g/mol. The molecule has 0 fully saturated rings. The minimum atomic E-state index is -0.895. The van der Waals surface area contributed by atoms with Crippen LogP contribution in [0.1, 0.15) is 24.8 Å². The highest BCUT2D eigenvalue weighted by molar-refractivity contribution is 5.96. The van der Waals surface area contributed by atoms with Crippen LogP contribution in [0.15, 0.2) is 47.4 Å². The molecule has 28 heavy (non-hydrogen) atoms. The smallest absolute Gasteiger partial charge is 0.303 e. The van der Waals surface area contributed by atoms with Crippen molar-refractivity contribution >= 4 is 28.9 Å². The fraction of sp³-hybridized carbons (Fsp3) is 0.263. The molecule has 0 unspecified atom stereocenters. The first-order valence-corrected chi connectivity index (χ1v) is 8.77. The number of rotatable bonds is 10. The van der Waals surface area contributed by atoms with Crippen LogP contribution in [0.5, 0.6) is 0 Å². The number of hydrogen-bond acceptors (Lipinski definition) is 5. The van der Waals surface area contributed by atoms with Crippen molar-refractivity contribution in [3.05, 3.63) is 58.6 Å². The average Bonchev–Trinajstić information content (AvgIpc) is 3.04. The van der Waals surface area contributed by atoms with E-state index in [1.165, 1.54) is 6.08 Å². The molecule has 0 bridgehead atoms. The summed E-state index contributed by atoms with van der Waals surface area (Å²) in [6.07, 6.45) is 10.0. The Kier molecular flexibility index (Phi) is 7.32. The lowest BCUT2D eigenvalue weighted by molar-refractivity contribution is -0.137. The molecule has 0 aliphatic rings. The molecule has 6 N–H and O–H groups in total. The number of aryl methyl sites for hydroxylation is 1. The molecule has 0 saturated heterocycles. The lowest BCUT2D eigenvalue weighted by Crippen LogP contribution is -2.25. The highest BCUT2D eigenvalue weighted by atomic mass is 16.4. The van der Waals surface area contributed by atoms with Crippen molar-refractivity contribution in [1.82, 2.24) is 20.3 Å². The molecule has 0 radical (unpaired) electrons. The fourth-order valence-corrected chi connectivity index (χ4v) is 2.60. The van der Waals surface area contributed by atoms with Crippen LogP contribution in [-0.4, -0.2) is 38.5 Å². The van der Waals surface area contributed by atoms with Crippen molar-refractivity contribution in [2.45, 2.75) is 25.7 Å². The molecule has 2 aromatic rings. The Morgan fingerprint density at radius 1 is 1.39 bits per heavy atom. The maximum Gasteiger partial charge on any atom is 0.303 e. The van der Waals surface area contributed by atoms with Crippen LogP contribution in [0.4, 0.5) is 5.95 Å². The van der Waals surface area contributed by atoms with Crippen molar-refractivity contribution < 1.29 is 14.7 Å². The highest BCUT2D eigenvalue weighted by Gasteiger charge is 2.09. The number of nitrogens with zero attached hydrogens (tertiary/aromatic N) is 1. The first-order valence-electron chi connectivity index (χ1n) is 8.77. The SMILES string of the molecule is C=C/C(=C\C=C\CCc1c[nH]c2nc(N)[nH]c(=O)c12)C(=O)NCCCC(=O)O. The minimum absolute atomic E-state index is 0.00606. The summed E-state index contributed by atoms with van der Waals surface area (Å²) in [7, 11) is 0. The van der Waals surface area contributed by atoms with Crippen LogP contribution in [-0.2, 0) is 16.0 Å². The van der Waals surface area contributed by atoms with E-state index in [0.29, 0.717) is 35.9 Å². The number of fused-ring (bicyclic) bond motifs is 1. The van der Waals surface area contributed by atoms with Crippen LogP contribution in [0, 0.1) is 0 Å². The number of carbonyl (C=O) groups is 2. The molecule has 2 heterocycles. The first kappa shape index (κ1) is 20.7. The number of aromatic amines is 2. The van der Waals surface area contributed by atoms with Crippen molar-refractivity contribution in [1.29, 1.82) is 0 Å². The van der Waals surface area contributed by atoms with Gasteiger partial charge in [0.05, 0.1) is 5.39 Å². The Balaban J connectivity index is 1.89. The van der Waals surface area contributed by atoms with Crippen LogP contribution in [0.2, 0.25) is 0 Å². The molecular weight excluding hydrogens is 362 g/mol. The van der Waals surface area contributed by atoms with Crippen molar-refractivity contribution in [2.24, 2.45) is 0 Å². The number of hydrogen-bond donors (Lipinski definition) is 5. The van der Waals surface area contributed by atoms with Gasteiger partial charge in [-0.05, 0) is 30.9 Å². The molecule has 148 valence electrons. The summed E-state index contributed by atoms with van der Waals surface area (Å²) in [5.74, 6) is -1.14. The Hall–Kier alpha value is -3.62. The molecule has 0 spiro atoms. The number of nitrogens with two attached hydrogens (primary N) is 1. The third kappa shape index (κ3) is 5.70. The molecule has 0 saturated carbocycles. The van der Waals surface area contributed by atoms with Crippen molar-refractivity contribution in [2.75, 3.05) is 12.3 Å². The third-order valence-corrected chi connectivity index (χ3v) is 3.97. The quantitative estimate of drug-likeness (QED) is 0.237. The predicted molar refractivity (Wildman–Crippen MR) is 107 cm³/mol. The van der Waals surface area contributed by atoms with Crippen LogP contribution < -0.4 is 16.6 Å². The minimum Gasteiger partial charge on any atom is -0.481 e. The number of allylic oxidation sites excluding steroid dienone is 3. The zero-order valence-corrected chi connectivity index (χ0v) is 15.3. The Labute approximate surface area is 161 Å². The summed E-state index contributed by atoms with van der Waals surface area (Å²) in [6, 6.07) is 0. The number of nitrogens with one attached hydrogen (secondary N) is 3. The summed E-state index contributed by atoms with van der Waals surface area (Å²) in [5.41, 5.74) is 6.91. The second kappa shape index (κ2) is 9.91. The maximum atomic E-state index is 12.0. The molecule has 0 aromatic carbocycles. The Morgan fingerprint density at radius 2 is 2.18 bits per heavy atom. The summed E-state index contributed by atoms with van der Waals surface area (Å²) in [4.78, 5) is 43.9. The van der Waals surface area contributed by atoms with E-state index in [1.807, 2.05) is 6.08 Å². The maximum absolute atomic E-state index is 12.0. The van der Waals surface area contributed by atoms with Gasteiger partial charge in [-0.2, -0.15) is 4.98 Å². The predicted octanol–water partition coefficient (Wildman–Crippen LogP) is 1.42. The number of anilines is 1. The highest BCUT2D eigenvalue weighted by Crippen LogP contribution is 2.14. The Bertz CT molecular complexity index is 984. The van der Waals surface area contributed by atoms with Gasteiger partial charge in [0.25, 0.3) is 11.5 Å². The van der Waals surface area contributed by atoms with Gasteiger partial charge in [-0.3, -0.25) is 19.4 Å². The second-order valence-electron chi connectivity index (χ2n) is 6.03. The summed E-state index contributed by atoms with van der Waals surface area (Å²) >= 11 is 0. The topological polar surface area (TPSA) is 154 Å². The van der Waals surface area contributed by atoms with Gasteiger partial charge < -0.3 is 21.1 Å². The van der Waals surface area contributed by atoms with Crippen LogP contribution in [0.25, 0.3) is 11.0 Å². The van der Waals surface area contributed by atoms with E-state index >= 15 is 0 Å². The van der Waals surface area contributed by atoms with Crippen LogP contribution in [0.3, 0.4) is 0 Å². The zero-order valence-electron chi connectivity index (χ0n) is 15.3. The van der Waals surface area contributed by atoms with Gasteiger partial charge in [0, 0.05) is 24.7 Å². The van der Waals surface area contributed by atoms with Crippen molar-refractivity contribution in [3.63, 3.8) is 0 Å². The number of aromatic nitrogens is 3. The number of carboxylic acid groups (broad SMARTS) is 1. The van der Waals surface area contributed by atoms with Gasteiger partial charge in [-0.25, -0.2) is 0 Å². The van der Waals surface area contributed by atoms with Gasteiger partial charge >= 0.3 is 5.97 Å². The second-order valence-corrected chi connectivity index (χ2v) is 6.03. The van der Waals surface area contributed by atoms with Gasteiger partial charge in [0.2, 0.25) is 5.95 Å². The lowest BCUT2D eigenvalue weighted by Gasteiger charge is -2.04. The van der Waals surface area contributed by atoms with E-state index < -0.39 is 5.97 Å². The summed E-state index contributed by atoms with van der Waals surface area (Å²) in [5, 5.41) is 11.7. The number of carbonyl (C=O) groups excluding carboxylic acids is 1. The van der Waals surface area contributed by atoms with E-state index in [0.717, 1.165) is 5.56 Å². The largest absolute Gasteiger partial charge is 0.481 e. The van der Waals surface area contributed by atoms with E-state index in [9.17, 15) is 14.4 Å². The molecule has 1 amide bonds. The number of nitrogen functional groups attached to an aromatic ring is 1. The van der Waals surface area contributed by atoms with Gasteiger partial charge in [-0.15, -0.1) is 0 Å². The molecule has 2 rings (SSSR count). The van der Waals surface area contributed by atoms with Crippen molar-refractivity contribution in [3.8, 4) is 0 Å². The Morgan fingerprint density at radius 3 is 2.89 bits per heavy atom. The van der Waals surface area contributed by atoms with E-state index in [-0.39, 0.29) is 30.4 Å². The molecular formula is C19H23N5O4. The molecule has 9 heteroatoms.